The molecule has 0 aliphatic carbocycles. The highest BCUT2D eigenvalue weighted by Gasteiger charge is 2.53. The van der Waals surface area contributed by atoms with Crippen molar-refractivity contribution >= 4 is 16.1 Å². The summed E-state index contributed by atoms with van der Waals surface area (Å²) in [6, 6.07) is 15.8. The summed E-state index contributed by atoms with van der Waals surface area (Å²) in [5, 5.41) is 9.46. The average molecular weight is 329 g/mol. The molecule has 0 amide bonds. The molecule has 2 aromatic rings. The molecule has 3 atom stereocenters. The lowest BCUT2D eigenvalue weighted by Crippen LogP contribution is -2.16. The predicted molar refractivity (Wildman–Crippen MR) is 90.3 cm³/mol. The summed E-state index contributed by atoms with van der Waals surface area (Å²) >= 11 is 0. The summed E-state index contributed by atoms with van der Waals surface area (Å²) in [4.78, 5) is 0.261. The molecule has 1 saturated heterocycles. The van der Waals surface area contributed by atoms with Crippen molar-refractivity contribution in [2.45, 2.75) is 23.9 Å². The normalized spacial score (nSPS) is 24.0. The molecule has 23 heavy (non-hydrogen) atoms. The summed E-state index contributed by atoms with van der Waals surface area (Å²) < 4.78 is 26.7. The fourth-order valence-corrected chi connectivity index (χ4v) is 4.37. The van der Waals surface area contributed by atoms with Gasteiger partial charge < -0.3 is 5.11 Å². The fourth-order valence-electron chi connectivity index (χ4n) is 2.62. The Kier molecular flexibility index (Phi) is 4.35. The Morgan fingerprint density at radius 3 is 2.35 bits per heavy atom. The molecule has 0 radical (unpaired) electrons. The van der Waals surface area contributed by atoms with Gasteiger partial charge in [0.2, 0.25) is 10.0 Å². The van der Waals surface area contributed by atoms with Crippen molar-refractivity contribution in [2.24, 2.45) is 0 Å². The van der Waals surface area contributed by atoms with Crippen LogP contribution < -0.4 is 0 Å². The molecule has 0 aromatic heterocycles. The molecule has 120 valence electrons. The van der Waals surface area contributed by atoms with Gasteiger partial charge in [-0.3, -0.25) is 0 Å². The maximum atomic E-state index is 12.7. The Morgan fingerprint density at radius 1 is 1.09 bits per heavy atom. The highest BCUT2D eigenvalue weighted by molar-refractivity contribution is 7.89. The largest absolute Gasteiger partial charge is 0.395 e. The molecule has 0 saturated carbocycles. The summed E-state index contributed by atoms with van der Waals surface area (Å²) in [6.45, 7) is 1.73. The van der Waals surface area contributed by atoms with Gasteiger partial charge in [-0.25, -0.2) is 8.42 Å². The number of hydrogen-bond donors (Lipinski definition) is 1. The number of sulfonamides is 1. The Balaban J connectivity index is 1.82. The Hall–Kier alpha value is -1.95. The van der Waals surface area contributed by atoms with Crippen LogP contribution in [-0.2, 0) is 10.0 Å². The second-order valence-electron chi connectivity index (χ2n) is 5.66. The van der Waals surface area contributed by atoms with E-state index in [2.05, 4.69) is 0 Å². The number of aliphatic hydroxyl groups excluding tert-OH is 1. The third-order valence-electron chi connectivity index (χ3n) is 3.99. The molecule has 0 spiro atoms. The Labute approximate surface area is 136 Å². The summed E-state index contributed by atoms with van der Waals surface area (Å²) in [5.74, 6) is 0. The minimum absolute atomic E-state index is 0.186. The summed E-state index contributed by atoms with van der Waals surface area (Å²) in [7, 11) is -3.58. The monoisotopic (exact) mass is 329 g/mol. The highest BCUT2D eigenvalue weighted by Crippen LogP contribution is 2.36. The second-order valence-corrected chi connectivity index (χ2v) is 7.50. The van der Waals surface area contributed by atoms with Gasteiger partial charge in [0, 0.05) is 0 Å². The van der Waals surface area contributed by atoms with Gasteiger partial charge in [-0.15, -0.1) is 0 Å². The van der Waals surface area contributed by atoms with Crippen LogP contribution in [0.2, 0.25) is 0 Å². The van der Waals surface area contributed by atoms with Crippen molar-refractivity contribution in [3.8, 4) is 0 Å². The van der Waals surface area contributed by atoms with Crippen molar-refractivity contribution < 1.29 is 13.5 Å². The van der Waals surface area contributed by atoms with Crippen LogP contribution in [0.1, 0.15) is 11.1 Å². The van der Waals surface area contributed by atoms with Crippen molar-refractivity contribution in [1.29, 1.82) is 0 Å². The van der Waals surface area contributed by atoms with E-state index in [1.165, 1.54) is 4.31 Å². The molecule has 3 rings (SSSR count). The molecular weight excluding hydrogens is 310 g/mol. The lowest BCUT2D eigenvalue weighted by atomic mass is 10.2. The smallest absolute Gasteiger partial charge is 0.244 e. The molecule has 4 nitrogen and oxygen atoms in total. The van der Waals surface area contributed by atoms with Gasteiger partial charge in [0.25, 0.3) is 0 Å². The SMILES string of the molecule is Cc1ccc(S(=O)(=O)N2[C@@H](/C=C/c3ccccc3)[C@@H]2CO)cc1. The average Bonchev–Trinajstić information content (AvgIpc) is 3.28. The predicted octanol–water partition coefficient (Wildman–Crippen LogP) is 2.44. The highest BCUT2D eigenvalue weighted by atomic mass is 32.2. The van der Waals surface area contributed by atoms with E-state index in [-0.39, 0.29) is 23.6 Å². The van der Waals surface area contributed by atoms with Gasteiger partial charge in [0.15, 0.2) is 0 Å². The van der Waals surface area contributed by atoms with Crippen LogP contribution in [0.15, 0.2) is 65.6 Å². The quantitative estimate of drug-likeness (QED) is 0.857. The van der Waals surface area contributed by atoms with Crippen LogP contribution in [0.5, 0.6) is 0 Å². The van der Waals surface area contributed by atoms with Crippen LogP contribution in [0.4, 0.5) is 0 Å². The maximum Gasteiger partial charge on any atom is 0.244 e. The number of benzene rings is 2. The number of aryl methyl sites for hydroxylation is 1. The van der Waals surface area contributed by atoms with Gasteiger partial charge in [0.1, 0.15) is 0 Å². The molecule has 1 heterocycles. The van der Waals surface area contributed by atoms with Gasteiger partial charge >= 0.3 is 0 Å². The molecule has 0 bridgehead atoms. The zero-order chi connectivity index (χ0) is 16.4. The second kappa shape index (κ2) is 6.28. The molecule has 1 N–H and O–H groups in total. The minimum atomic E-state index is -3.58. The molecule has 1 fully saturated rings. The minimum Gasteiger partial charge on any atom is -0.395 e. The van der Waals surface area contributed by atoms with Crippen molar-refractivity contribution in [1.82, 2.24) is 4.31 Å². The number of rotatable bonds is 5. The van der Waals surface area contributed by atoms with Gasteiger partial charge in [0.05, 0.1) is 23.6 Å². The molecule has 1 aliphatic heterocycles. The van der Waals surface area contributed by atoms with E-state index in [1.54, 1.807) is 24.3 Å². The summed E-state index contributed by atoms with van der Waals surface area (Å²) in [6.07, 6.45) is 3.72. The van der Waals surface area contributed by atoms with E-state index in [4.69, 9.17) is 0 Å². The topological polar surface area (TPSA) is 57.4 Å². The third-order valence-corrected chi connectivity index (χ3v) is 5.93. The van der Waals surface area contributed by atoms with Crippen LogP contribution in [0.3, 0.4) is 0 Å². The number of aliphatic hydroxyl groups is 1. The van der Waals surface area contributed by atoms with Crippen LogP contribution in [-0.4, -0.2) is 36.5 Å². The van der Waals surface area contributed by atoms with Crippen molar-refractivity contribution in [3.05, 3.63) is 71.8 Å². The summed E-state index contributed by atoms with van der Waals surface area (Å²) in [5.41, 5.74) is 2.01. The zero-order valence-corrected chi connectivity index (χ0v) is 13.6. The first kappa shape index (κ1) is 15.9. The van der Waals surface area contributed by atoms with Gasteiger partial charge in [-0.05, 0) is 24.6 Å². The Morgan fingerprint density at radius 2 is 1.74 bits per heavy atom. The van der Waals surface area contributed by atoms with Crippen molar-refractivity contribution in [2.75, 3.05) is 6.61 Å². The van der Waals surface area contributed by atoms with E-state index >= 15 is 0 Å². The molecule has 1 unspecified atom stereocenters. The first-order valence-electron chi connectivity index (χ1n) is 7.48. The Bertz CT molecular complexity index is 798. The van der Waals surface area contributed by atoms with Crippen LogP contribution >= 0.6 is 0 Å². The van der Waals surface area contributed by atoms with E-state index in [9.17, 15) is 13.5 Å². The van der Waals surface area contributed by atoms with E-state index in [1.807, 2.05) is 49.4 Å². The lowest BCUT2D eigenvalue weighted by molar-refractivity contribution is 0.286. The molecular formula is C18H19NO3S. The first-order valence-corrected chi connectivity index (χ1v) is 8.92. The molecule has 1 aliphatic rings. The third kappa shape index (κ3) is 3.22. The number of nitrogens with zero attached hydrogens (tertiary/aromatic N) is 1. The lowest BCUT2D eigenvalue weighted by Gasteiger charge is -2.06. The maximum absolute atomic E-state index is 12.7. The zero-order valence-electron chi connectivity index (χ0n) is 12.8. The van der Waals surface area contributed by atoms with E-state index in [0.29, 0.717) is 0 Å². The fraction of sp³-hybridized carbons (Fsp3) is 0.222. The van der Waals surface area contributed by atoms with Crippen LogP contribution in [0, 0.1) is 6.92 Å². The first-order chi connectivity index (χ1) is 11.0. The molecule has 2 aromatic carbocycles. The van der Waals surface area contributed by atoms with E-state index in [0.717, 1.165) is 11.1 Å². The van der Waals surface area contributed by atoms with Gasteiger partial charge in [-0.2, -0.15) is 4.31 Å². The molecule has 5 heteroatoms. The number of hydrogen-bond acceptors (Lipinski definition) is 3. The standard InChI is InChI=1S/C18H19NO3S/c1-14-7-10-16(11-8-14)23(21,22)19-17(18(19)13-20)12-9-15-5-3-2-4-6-15/h2-12,17-18,20H,13H2,1H3/b12-9+/t17-,18-,19?/m0/s1. The van der Waals surface area contributed by atoms with Crippen LogP contribution in [0.25, 0.3) is 6.08 Å². The van der Waals surface area contributed by atoms with Crippen molar-refractivity contribution in [3.63, 3.8) is 0 Å². The van der Waals surface area contributed by atoms with E-state index < -0.39 is 10.0 Å². The van der Waals surface area contributed by atoms with Gasteiger partial charge in [-0.1, -0.05) is 60.2 Å².